The molecule has 2 rings (SSSR count). The summed E-state index contributed by atoms with van der Waals surface area (Å²) in [7, 11) is 5.77. The molecule has 62 valence electrons. The van der Waals surface area contributed by atoms with Gasteiger partial charge in [0.15, 0.2) is 0 Å². The van der Waals surface area contributed by atoms with Gasteiger partial charge in [-0.1, -0.05) is 16.0 Å². The topological polar surface area (TPSA) is 36.7 Å². The highest BCUT2D eigenvalue weighted by Gasteiger charge is 2.26. The van der Waals surface area contributed by atoms with Crippen molar-refractivity contribution in [2.75, 3.05) is 0 Å². The lowest BCUT2D eigenvalue weighted by molar-refractivity contribution is 1.08. The van der Waals surface area contributed by atoms with E-state index in [4.69, 9.17) is 14.3 Å². The second-order valence-corrected chi connectivity index (χ2v) is 5.05. The van der Waals surface area contributed by atoms with Gasteiger partial charge < -0.3 is 9.07 Å². The molecule has 1 heterocycles. The van der Waals surface area contributed by atoms with Gasteiger partial charge in [0.1, 0.15) is 11.8 Å². The molecule has 0 unspecified atom stereocenters. The third-order valence-electron chi connectivity index (χ3n) is 2.24. The van der Waals surface area contributed by atoms with Gasteiger partial charge in [-0.2, -0.15) is 5.26 Å². The Bertz CT molecular complexity index is 368. The summed E-state index contributed by atoms with van der Waals surface area (Å²) in [6, 6.07) is 6.13. The molecule has 0 N–H and O–H groups in total. The van der Waals surface area contributed by atoms with Gasteiger partial charge in [-0.3, -0.25) is 4.98 Å². The van der Waals surface area contributed by atoms with Crippen LogP contribution in [0.5, 0.6) is 0 Å². The highest BCUT2D eigenvalue weighted by Crippen LogP contribution is 2.40. The van der Waals surface area contributed by atoms with E-state index in [1.807, 2.05) is 12.1 Å². The average molecular weight is 203 g/mol. The van der Waals surface area contributed by atoms with Crippen LogP contribution in [0.25, 0.3) is 0 Å². The molecule has 1 aliphatic carbocycles. The van der Waals surface area contributed by atoms with E-state index in [1.165, 1.54) is 12.8 Å². The molecule has 13 heavy (non-hydrogen) atoms. The van der Waals surface area contributed by atoms with Crippen LogP contribution in [0, 0.1) is 11.3 Å². The summed E-state index contributed by atoms with van der Waals surface area (Å²) in [4.78, 5) is 4.24. The Labute approximate surface area is 90.4 Å². The van der Waals surface area contributed by atoms with Gasteiger partial charge >= 0.3 is 19.3 Å². The highest BCUT2D eigenvalue weighted by atomic mass is 35.5. The second-order valence-electron chi connectivity index (χ2n) is 3.26. The smallest absolute Gasteiger partial charge is 0.333 e. The number of rotatable bonds is 2. The summed E-state index contributed by atoms with van der Waals surface area (Å²) in [5, 5.41) is 8.87. The van der Waals surface area contributed by atoms with Crippen molar-refractivity contribution in [3.8, 4) is 6.07 Å². The van der Waals surface area contributed by atoms with Crippen molar-refractivity contribution in [1.82, 2.24) is 4.98 Å². The van der Waals surface area contributed by atoms with Crippen molar-refractivity contribution in [2.24, 2.45) is 0 Å². The van der Waals surface area contributed by atoms with E-state index in [1.54, 1.807) is 0 Å². The van der Waals surface area contributed by atoms with Gasteiger partial charge in [-0.15, -0.1) is 0 Å². The number of hydrogen-bond donors (Lipinski definition) is 0. The molecule has 0 saturated heterocycles. The van der Waals surface area contributed by atoms with Gasteiger partial charge in [0.25, 0.3) is 0 Å². The predicted molar refractivity (Wildman–Crippen MR) is 52.2 cm³/mol. The number of pyridine rings is 1. The van der Waals surface area contributed by atoms with Crippen LogP contribution in [-0.4, -0.2) is 24.2 Å². The van der Waals surface area contributed by atoms with Crippen LogP contribution in [0.2, 0.25) is 0 Å². The fourth-order valence-electron chi connectivity index (χ4n) is 1.40. The zero-order valence-electron chi connectivity index (χ0n) is 7.13. The van der Waals surface area contributed by atoms with E-state index < -0.39 is 19.3 Å². The fraction of sp³-hybridized carbons (Fsp3) is 0.333. The minimum atomic E-state index is -0.750. The Hall–Kier alpha value is -0.304. The van der Waals surface area contributed by atoms with Gasteiger partial charge in [-0.25, -0.2) is 0 Å². The number of nitriles is 1. The first-order valence-electron chi connectivity index (χ1n) is 4.31. The van der Waals surface area contributed by atoms with Gasteiger partial charge in [0.05, 0.1) is 0 Å². The monoisotopic (exact) mass is 202 g/mol. The van der Waals surface area contributed by atoms with Crippen LogP contribution < -0.4 is 3.82 Å². The molecule has 1 saturated carbocycles. The third-order valence-corrected chi connectivity index (χ3v) is 3.73. The molecule has 4 heteroatoms. The van der Waals surface area contributed by atoms with Crippen LogP contribution in [0.15, 0.2) is 12.1 Å². The van der Waals surface area contributed by atoms with Crippen molar-refractivity contribution >= 4 is 32.2 Å². The quantitative estimate of drug-likeness (QED) is 0.679. The lowest BCUT2D eigenvalue weighted by atomic mass is 10.1. The molecule has 2 nitrogen and oxygen atoms in total. The molecule has 0 bridgehead atoms. The minimum Gasteiger partial charge on any atom is -0.333 e. The molecular weight excluding hydrogens is 196 g/mol. The van der Waals surface area contributed by atoms with Crippen molar-refractivity contribution in [2.45, 2.75) is 18.8 Å². The molecule has 0 atom stereocenters. The first kappa shape index (κ1) is 9.26. The van der Waals surface area contributed by atoms with Gasteiger partial charge in [0.2, 0.25) is 0 Å². The maximum atomic E-state index is 8.87. The summed E-state index contributed by atoms with van der Waals surface area (Å²) in [6.07, 6.45) is 2.40. The highest BCUT2D eigenvalue weighted by molar-refractivity contribution is 7.00. The molecular formula is C9H7ClMgN2. The Morgan fingerprint density at radius 2 is 2.31 bits per heavy atom. The van der Waals surface area contributed by atoms with Crippen LogP contribution in [0.1, 0.15) is 30.0 Å². The molecule has 1 fully saturated rings. The van der Waals surface area contributed by atoms with Crippen LogP contribution in [0.3, 0.4) is 0 Å². The Morgan fingerprint density at radius 3 is 2.85 bits per heavy atom. The summed E-state index contributed by atoms with van der Waals surface area (Å²) in [5.41, 5.74) is 1.71. The van der Waals surface area contributed by atoms with Crippen molar-refractivity contribution in [3.63, 3.8) is 0 Å². The summed E-state index contributed by atoms with van der Waals surface area (Å²) in [6.45, 7) is 0. The van der Waals surface area contributed by atoms with Crippen LogP contribution in [-0.2, 0) is 0 Å². The van der Waals surface area contributed by atoms with Gasteiger partial charge in [-0.05, 0) is 24.3 Å². The first-order valence-corrected chi connectivity index (χ1v) is 7.15. The zero-order chi connectivity index (χ0) is 9.26. The summed E-state index contributed by atoms with van der Waals surface area (Å²) in [5.74, 6) is 0.591. The molecule has 0 aliphatic heterocycles. The molecule has 0 aromatic carbocycles. The van der Waals surface area contributed by atoms with Crippen LogP contribution >= 0.6 is 9.07 Å². The lowest BCUT2D eigenvalue weighted by Crippen LogP contribution is -2.15. The fourth-order valence-corrected chi connectivity index (χ4v) is 2.27. The lowest BCUT2D eigenvalue weighted by Gasteiger charge is -2.02. The summed E-state index contributed by atoms with van der Waals surface area (Å²) >= 11 is -0.750. The van der Waals surface area contributed by atoms with Crippen LogP contribution in [0.4, 0.5) is 0 Å². The third kappa shape index (κ3) is 1.96. The molecule has 0 spiro atoms. The maximum absolute atomic E-state index is 8.87. The molecule has 1 aliphatic rings. The number of hydrogen-bond acceptors (Lipinski definition) is 2. The van der Waals surface area contributed by atoms with E-state index in [9.17, 15) is 0 Å². The molecule has 1 aromatic rings. The van der Waals surface area contributed by atoms with Crippen molar-refractivity contribution < 1.29 is 0 Å². The van der Waals surface area contributed by atoms with E-state index in [-0.39, 0.29) is 0 Å². The zero-order valence-corrected chi connectivity index (χ0v) is 9.30. The second kappa shape index (κ2) is 3.83. The number of aromatic nitrogens is 1. The van der Waals surface area contributed by atoms with Gasteiger partial charge in [0, 0.05) is 0 Å². The molecule has 1 aromatic heterocycles. The van der Waals surface area contributed by atoms with E-state index >= 15 is 0 Å². The first-order chi connectivity index (χ1) is 6.35. The maximum Gasteiger partial charge on any atom is 0.564 e. The van der Waals surface area contributed by atoms with E-state index in [2.05, 4.69) is 11.1 Å². The number of halogens is 1. The van der Waals surface area contributed by atoms with Crippen molar-refractivity contribution in [1.29, 1.82) is 5.26 Å². The predicted octanol–water partition coefficient (Wildman–Crippen LogP) is 1.31. The standard InChI is InChI=1S/C9H7N2.ClH.Mg/c10-6-9-8(7-3-4-7)2-1-5-11-9;;/h1-2,7H,3-4H2;1H;/q;;+1/p-1. The van der Waals surface area contributed by atoms with E-state index in [0.29, 0.717) is 11.6 Å². The average Bonchev–Trinajstić information content (AvgIpc) is 3.00. The summed E-state index contributed by atoms with van der Waals surface area (Å²) < 4.78 is 0.919. The molecule has 0 amide bonds. The largest absolute Gasteiger partial charge is 0.564 e. The Balaban J connectivity index is 2.41. The Morgan fingerprint density at radius 1 is 1.54 bits per heavy atom. The number of nitrogens with zero attached hydrogens (tertiary/aromatic N) is 2. The normalized spacial score (nSPS) is 14.8. The Kier molecular flexibility index (Phi) is 2.73. The minimum absolute atomic E-state index is 0.591. The molecule has 0 radical (unpaired) electrons. The van der Waals surface area contributed by atoms with Crippen molar-refractivity contribution in [3.05, 3.63) is 23.4 Å². The SMILES string of the molecule is N#Cc1n[c]([Mg][Cl])ccc1C1CC1. The van der Waals surface area contributed by atoms with E-state index in [0.717, 1.165) is 9.39 Å².